The summed E-state index contributed by atoms with van der Waals surface area (Å²) in [7, 11) is 7.89. The second kappa shape index (κ2) is 12.9. The van der Waals surface area contributed by atoms with Gasteiger partial charge in [-0.05, 0) is 58.6 Å². The van der Waals surface area contributed by atoms with Crippen molar-refractivity contribution in [3.05, 3.63) is 110 Å². The predicted octanol–water partition coefficient (Wildman–Crippen LogP) is 5.35. The predicted molar refractivity (Wildman–Crippen MR) is 184 cm³/mol. The molecule has 0 saturated carbocycles. The van der Waals surface area contributed by atoms with Gasteiger partial charge in [-0.25, -0.2) is 9.97 Å². The minimum atomic E-state index is 0. The van der Waals surface area contributed by atoms with Crippen LogP contribution in [0.4, 0.5) is 0 Å². The Kier molecular flexibility index (Phi) is 8.62. The second-order valence-electron chi connectivity index (χ2n) is 11.8. The van der Waals surface area contributed by atoms with Crippen LogP contribution in [0.15, 0.2) is 98.1 Å². The molecule has 0 amide bonds. The van der Waals surface area contributed by atoms with Crippen molar-refractivity contribution in [2.75, 3.05) is 0 Å². The van der Waals surface area contributed by atoms with E-state index in [1.807, 2.05) is 92.8 Å². The molecule has 0 aliphatic carbocycles. The molecule has 2 aromatic carbocycles. The molecular formula is C36H28N12Pt2. The van der Waals surface area contributed by atoms with Gasteiger partial charge in [-0.15, -0.1) is 12.4 Å². The zero-order valence-corrected chi connectivity index (χ0v) is 31.8. The van der Waals surface area contributed by atoms with Crippen LogP contribution in [-0.2, 0) is 70.3 Å². The Labute approximate surface area is 314 Å². The number of aromatic nitrogens is 12. The van der Waals surface area contributed by atoms with E-state index in [1.165, 1.54) is 0 Å². The molecule has 50 heavy (non-hydrogen) atoms. The Morgan fingerprint density at radius 3 is 1.32 bits per heavy atom. The first-order valence-corrected chi connectivity index (χ1v) is 15.4. The maximum absolute atomic E-state index is 4.91. The van der Waals surface area contributed by atoms with Crippen molar-refractivity contribution in [1.82, 2.24) is 57.3 Å². The fraction of sp³-hybridized carbons (Fsp3) is 0.111. The molecule has 0 saturated heterocycles. The third-order valence-corrected chi connectivity index (χ3v) is 8.82. The van der Waals surface area contributed by atoms with Crippen LogP contribution >= 0.6 is 0 Å². The van der Waals surface area contributed by atoms with Crippen LogP contribution in [0.5, 0.6) is 0 Å². The molecule has 0 aliphatic rings. The van der Waals surface area contributed by atoms with Gasteiger partial charge in [-0.2, -0.15) is 0 Å². The van der Waals surface area contributed by atoms with Crippen LogP contribution in [0.2, 0.25) is 0 Å². The number of para-hydroxylation sites is 2. The summed E-state index contributed by atoms with van der Waals surface area (Å²) >= 11 is 0. The number of rotatable bonds is 4. The van der Waals surface area contributed by atoms with Crippen LogP contribution in [0, 0.1) is 12.4 Å². The maximum Gasteiger partial charge on any atom is 2.00 e. The normalized spacial score (nSPS) is 11.3. The summed E-state index contributed by atoms with van der Waals surface area (Å²) in [5.74, 6) is 3.42. The first-order chi connectivity index (χ1) is 23.5. The van der Waals surface area contributed by atoms with Gasteiger partial charge in [-0.3, -0.25) is 0 Å². The van der Waals surface area contributed by atoms with Gasteiger partial charge < -0.3 is 47.3 Å². The molecular weight excluding hydrogens is 991 g/mol. The summed E-state index contributed by atoms with van der Waals surface area (Å²) in [6, 6.07) is 16.6. The molecule has 0 bridgehead atoms. The third-order valence-electron chi connectivity index (χ3n) is 8.82. The molecule has 14 heteroatoms. The molecule has 0 N–H and O–H groups in total. The monoisotopic (exact) mass is 1020 g/mol. The van der Waals surface area contributed by atoms with Gasteiger partial charge in [-0.1, -0.05) is 84.6 Å². The van der Waals surface area contributed by atoms with Crippen molar-refractivity contribution < 1.29 is 42.1 Å². The minimum absolute atomic E-state index is 0. The standard InChI is InChI=1S/2C18H14N6.2Pt/c2*1-22-10-7-19-16(22)14-5-3-4-12-13-6-9-24(17(13)21-15(12)14)18-20-8-11-23(18)2;;/h2*3-7,9-11H,1-2H3;;/q2*-2;2*+2. The van der Waals surface area contributed by atoms with Gasteiger partial charge in [0.15, 0.2) is 0 Å². The van der Waals surface area contributed by atoms with Crippen molar-refractivity contribution >= 4 is 43.9 Å². The number of aryl methyl sites for hydroxylation is 4. The number of hydrogen-bond donors (Lipinski definition) is 0. The van der Waals surface area contributed by atoms with E-state index in [-0.39, 0.29) is 42.1 Å². The molecule has 0 atom stereocenters. The average molecular weight is 1020 g/mol. The Morgan fingerprint density at radius 1 is 0.520 bits per heavy atom. The van der Waals surface area contributed by atoms with Crippen molar-refractivity contribution in [1.29, 1.82) is 0 Å². The number of imidazole rings is 4. The topological polar surface area (TPSA) is 109 Å². The van der Waals surface area contributed by atoms with Crippen LogP contribution < -0.4 is 9.97 Å². The summed E-state index contributed by atoms with van der Waals surface area (Å²) in [5, 5.41) is 4.48. The first kappa shape index (κ1) is 33.3. The van der Waals surface area contributed by atoms with Crippen LogP contribution in [0.1, 0.15) is 0 Å². The van der Waals surface area contributed by atoms with Crippen molar-refractivity contribution in [3.63, 3.8) is 0 Å². The maximum atomic E-state index is 4.91. The van der Waals surface area contributed by atoms with E-state index >= 15 is 0 Å². The van der Waals surface area contributed by atoms with Crippen LogP contribution in [0.3, 0.4) is 0 Å². The van der Waals surface area contributed by atoms with E-state index in [1.54, 1.807) is 12.4 Å². The number of nitrogens with zero attached hydrogens (tertiary/aromatic N) is 12. The van der Waals surface area contributed by atoms with Gasteiger partial charge in [0.1, 0.15) is 11.6 Å². The molecule has 8 aromatic heterocycles. The molecule has 12 nitrogen and oxygen atoms in total. The molecule has 0 fully saturated rings. The van der Waals surface area contributed by atoms with Crippen LogP contribution in [-0.4, -0.2) is 47.3 Å². The van der Waals surface area contributed by atoms with E-state index in [0.717, 1.165) is 78.5 Å². The molecule has 0 radical (unpaired) electrons. The zero-order valence-electron chi connectivity index (χ0n) is 27.2. The summed E-state index contributed by atoms with van der Waals surface area (Å²) in [6.45, 7) is 0. The number of hydrogen-bond acceptors (Lipinski definition) is 4. The summed E-state index contributed by atoms with van der Waals surface area (Å²) in [4.78, 5) is 27.4. The average Bonchev–Trinajstić information content (AvgIpc) is 3.92. The van der Waals surface area contributed by atoms with E-state index < -0.39 is 0 Å². The number of fused-ring (bicyclic) bond motifs is 6. The Balaban J connectivity index is 0.000000151. The van der Waals surface area contributed by atoms with Gasteiger partial charge in [0.25, 0.3) is 0 Å². The summed E-state index contributed by atoms with van der Waals surface area (Å²) in [5.41, 5.74) is 5.79. The Morgan fingerprint density at radius 2 is 0.960 bits per heavy atom. The van der Waals surface area contributed by atoms with E-state index in [4.69, 9.17) is 9.97 Å². The SMILES string of the molecule is Cn1ccnc1-c1cccc2c1[n-]c1c2ccn1-c1n[c-]cn1C.Cn1ccnc1-c1cccc2c1[n-]c1c2ccn1-c1n[c-]cn1C.[Pt+2].[Pt+2]. The van der Waals surface area contributed by atoms with Crippen molar-refractivity contribution in [3.8, 4) is 34.7 Å². The van der Waals surface area contributed by atoms with Crippen LogP contribution in [0.25, 0.3) is 78.5 Å². The molecule has 252 valence electrons. The smallest absolute Gasteiger partial charge is 0.472 e. The molecule has 10 aromatic rings. The van der Waals surface area contributed by atoms with E-state index in [9.17, 15) is 0 Å². The molecule has 0 spiro atoms. The van der Waals surface area contributed by atoms with Crippen molar-refractivity contribution in [2.45, 2.75) is 0 Å². The number of benzene rings is 2. The van der Waals surface area contributed by atoms with E-state index in [0.29, 0.717) is 0 Å². The minimum Gasteiger partial charge on any atom is -0.472 e. The fourth-order valence-corrected chi connectivity index (χ4v) is 6.47. The quantitative estimate of drug-likeness (QED) is 0.221. The van der Waals surface area contributed by atoms with E-state index in [2.05, 4.69) is 80.9 Å². The molecule has 0 unspecified atom stereocenters. The second-order valence-corrected chi connectivity index (χ2v) is 11.8. The molecule has 0 aliphatic heterocycles. The van der Waals surface area contributed by atoms with Gasteiger partial charge in [0.05, 0.1) is 0 Å². The first-order valence-electron chi connectivity index (χ1n) is 15.4. The van der Waals surface area contributed by atoms with Gasteiger partial charge in [0, 0.05) is 50.0 Å². The van der Waals surface area contributed by atoms with Gasteiger partial charge in [0.2, 0.25) is 0 Å². The Bertz CT molecular complexity index is 2570. The Hall–Kier alpha value is -5.18. The van der Waals surface area contributed by atoms with Crippen molar-refractivity contribution in [2.24, 2.45) is 28.2 Å². The van der Waals surface area contributed by atoms with Gasteiger partial charge >= 0.3 is 42.1 Å². The molecule has 10 rings (SSSR count). The fourth-order valence-electron chi connectivity index (χ4n) is 6.47. The zero-order chi connectivity index (χ0) is 32.5. The largest absolute Gasteiger partial charge is 2.00 e. The summed E-state index contributed by atoms with van der Waals surface area (Å²) in [6.07, 6.45) is 20.9. The summed E-state index contributed by atoms with van der Waals surface area (Å²) < 4.78 is 11.9. The molecule has 8 heterocycles. The third kappa shape index (κ3) is 5.13.